The zero-order valence-electron chi connectivity index (χ0n) is 10.9. The van der Waals surface area contributed by atoms with Gasteiger partial charge in [-0.3, -0.25) is 14.5 Å². The van der Waals surface area contributed by atoms with Gasteiger partial charge in [0, 0.05) is 23.0 Å². The smallest absolute Gasteiger partial charge is 0.273 e. The van der Waals surface area contributed by atoms with Crippen LogP contribution < -0.4 is 4.74 Å². The fourth-order valence-corrected chi connectivity index (χ4v) is 3.17. The Kier molecular flexibility index (Phi) is 3.64. The van der Waals surface area contributed by atoms with Crippen LogP contribution in [0.25, 0.3) is 4.96 Å². The quantitative estimate of drug-likeness (QED) is 0.391. The van der Waals surface area contributed by atoms with E-state index in [1.807, 2.05) is 22.9 Å². The molecule has 0 fully saturated rings. The lowest BCUT2D eigenvalue weighted by Gasteiger charge is -2.07. The van der Waals surface area contributed by atoms with Crippen molar-refractivity contribution in [2.75, 3.05) is 0 Å². The number of aromatic nitrogens is 2. The molecule has 0 radical (unpaired) electrons. The standard InChI is InChI=1S/C13H10BrN3O3S/c1-8-2-3-9(17(18)19)6-11(8)20-12-10(7-14)16-4-5-21-13(16)15-12/h2-6H,7H2,1H3. The van der Waals surface area contributed by atoms with E-state index in [0.29, 0.717) is 17.0 Å². The molecule has 2 heterocycles. The molecule has 3 aromatic rings. The van der Waals surface area contributed by atoms with Crippen LogP contribution in [0.3, 0.4) is 0 Å². The van der Waals surface area contributed by atoms with Crippen LogP contribution in [0, 0.1) is 17.0 Å². The van der Waals surface area contributed by atoms with Crippen LogP contribution in [0.5, 0.6) is 11.6 Å². The topological polar surface area (TPSA) is 69.7 Å². The first kappa shape index (κ1) is 14.0. The summed E-state index contributed by atoms with van der Waals surface area (Å²) >= 11 is 4.92. The van der Waals surface area contributed by atoms with Gasteiger partial charge in [0.25, 0.3) is 5.69 Å². The van der Waals surface area contributed by atoms with E-state index in [-0.39, 0.29) is 5.69 Å². The van der Waals surface area contributed by atoms with Gasteiger partial charge in [-0.1, -0.05) is 15.9 Å². The van der Waals surface area contributed by atoms with E-state index in [1.54, 1.807) is 6.07 Å². The van der Waals surface area contributed by atoms with Crippen LogP contribution in [0.2, 0.25) is 0 Å². The van der Waals surface area contributed by atoms with E-state index >= 15 is 0 Å². The molecule has 0 aliphatic carbocycles. The summed E-state index contributed by atoms with van der Waals surface area (Å²) < 4.78 is 7.74. The Morgan fingerprint density at radius 1 is 1.52 bits per heavy atom. The molecule has 3 rings (SSSR count). The van der Waals surface area contributed by atoms with Crippen LogP contribution in [0.4, 0.5) is 5.69 Å². The Morgan fingerprint density at radius 3 is 3.05 bits per heavy atom. The summed E-state index contributed by atoms with van der Waals surface area (Å²) in [6.07, 6.45) is 1.91. The molecule has 2 aromatic heterocycles. The summed E-state index contributed by atoms with van der Waals surface area (Å²) in [6.45, 7) is 1.84. The van der Waals surface area contributed by atoms with Crippen molar-refractivity contribution in [2.24, 2.45) is 0 Å². The fraction of sp³-hybridized carbons (Fsp3) is 0.154. The lowest BCUT2D eigenvalue weighted by atomic mass is 10.2. The van der Waals surface area contributed by atoms with Gasteiger partial charge in [0.1, 0.15) is 5.75 Å². The van der Waals surface area contributed by atoms with Crippen molar-refractivity contribution in [1.29, 1.82) is 0 Å². The third kappa shape index (κ3) is 2.52. The van der Waals surface area contributed by atoms with Gasteiger partial charge in [0.05, 0.1) is 16.7 Å². The highest BCUT2D eigenvalue weighted by molar-refractivity contribution is 9.08. The minimum atomic E-state index is -0.441. The molecular formula is C13H10BrN3O3S. The number of halogens is 1. The Bertz CT molecular complexity index is 827. The highest BCUT2D eigenvalue weighted by Crippen LogP contribution is 2.32. The van der Waals surface area contributed by atoms with Crippen molar-refractivity contribution in [3.05, 3.63) is 51.1 Å². The number of imidazole rings is 1. The number of rotatable bonds is 4. The SMILES string of the molecule is Cc1ccc([N+](=O)[O-])cc1Oc1nc2sccn2c1CBr. The van der Waals surface area contributed by atoms with Crippen LogP contribution in [-0.4, -0.2) is 14.3 Å². The van der Waals surface area contributed by atoms with Crippen LogP contribution in [0.1, 0.15) is 11.3 Å². The average Bonchev–Trinajstić information content (AvgIpc) is 3.01. The second-order valence-electron chi connectivity index (χ2n) is 4.36. The van der Waals surface area contributed by atoms with Crippen LogP contribution in [-0.2, 0) is 5.33 Å². The molecule has 0 aliphatic heterocycles. The van der Waals surface area contributed by atoms with Crippen molar-refractivity contribution in [1.82, 2.24) is 9.38 Å². The van der Waals surface area contributed by atoms with Gasteiger partial charge in [-0.15, -0.1) is 11.3 Å². The van der Waals surface area contributed by atoms with Gasteiger partial charge < -0.3 is 4.74 Å². The highest BCUT2D eigenvalue weighted by Gasteiger charge is 2.17. The maximum atomic E-state index is 10.9. The van der Waals surface area contributed by atoms with E-state index in [9.17, 15) is 10.1 Å². The lowest BCUT2D eigenvalue weighted by molar-refractivity contribution is -0.384. The van der Waals surface area contributed by atoms with E-state index in [4.69, 9.17) is 4.74 Å². The van der Waals surface area contributed by atoms with Crippen LogP contribution >= 0.6 is 27.3 Å². The predicted molar refractivity (Wildman–Crippen MR) is 83.6 cm³/mol. The van der Waals surface area contributed by atoms with E-state index in [2.05, 4.69) is 20.9 Å². The average molecular weight is 368 g/mol. The van der Waals surface area contributed by atoms with Gasteiger partial charge in [-0.05, 0) is 18.6 Å². The predicted octanol–water partition coefficient (Wildman–Crippen LogP) is 4.30. The second kappa shape index (κ2) is 5.45. The number of hydrogen-bond acceptors (Lipinski definition) is 5. The van der Waals surface area contributed by atoms with E-state index in [0.717, 1.165) is 16.2 Å². The zero-order chi connectivity index (χ0) is 15.0. The first-order valence-electron chi connectivity index (χ1n) is 6.03. The van der Waals surface area contributed by atoms with Gasteiger partial charge in [-0.2, -0.15) is 4.98 Å². The third-order valence-corrected chi connectivity index (χ3v) is 4.33. The minimum absolute atomic E-state index is 0.00277. The summed E-state index contributed by atoms with van der Waals surface area (Å²) in [5.41, 5.74) is 1.69. The molecule has 0 N–H and O–H groups in total. The lowest BCUT2D eigenvalue weighted by Crippen LogP contribution is -1.94. The molecule has 0 saturated carbocycles. The molecule has 6 nitrogen and oxygen atoms in total. The number of hydrogen-bond donors (Lipinski definition) is 0. The molecule has 21 heavy (non-hydrogen) atoms. The second-order valence-corrected chi connectivity index (χ2v) is 5.80. The van der Waals surface area contributed by atoms with Crippen molar-refractivity contribution in [3.8, 4) is 11.6 Å². The Hall–Kier alpha value is -1.93. The summed E-state index contributed by atoms with van der Waals surface area (Å²) in [5, 5.41) is 13.4. The highest BCUT2D eigenvalue weighted by atomic mass is 79.9. The van der Waals surface area contributed by atoms with Crippen molar-refractivity contribution in [2.45, 2.75) is 12.3 Å². The van der Waals surface area contributed by atoms with E-state index in [1.165, 1.54) is 23.5 Å². The van der Waals surface area contributed by atoms with Crippen molar-refractivity contribution < 1.29 is 9.66 Å². The molecule has 108 valence electrons. The monoisotopic (exact) mass is 367 g/mol. The Morgan fingerprint density at radius 2 is 2.33 bits per heavy atom. The molecule has 0 saturated heterocycles. The number of fused-ring (bicyclic) bond motifs is 1. The van der Waals surface area contributed by atoms with Crippen LogP contribution in [0.15, 0.2) is 29.8 Å². The number of alkyl halides is 1. The number of benzene rings is 1. The molecule has 8 heteroatoms. The normalized spacial score (nSPS) is 11.0. The van der Waals surface area contributed by atoms with Gasteiger partial charge in [0.15, 0.2) is 4.96 Å². The number of nitrogens with zero attached hydrogens (tertiary/aromatic N) is 3. The zero-order valence-corrected chi connectivity index (χ0v) is 13.3. The number of non-ortho nitro benzene ring substituents is 1. The third-order valence-electron chi connectivity index (χ3n) is 3.04. The van der Waals surface area contributed by atoms with Crippen molar-refractivity contribution >= 4 is 37.9 Å². The maximum Gasteiger partial charge on any atom is 0.273 e. The Balaban J connectivity index is 2.03. The minimum Gasteiger partial charge on any atom is -0.437 e. The molecule has 0 aliphatic rings. The maximum absolute atomic E-state index is 10.9. The molecule has 0 bridgehead atoms. The Labute approximate surface area is 132 Å². The fourth-order valence-electron chi connectivity index (χ4n) is 1.93. The summed E-state index contributed by atoms with van der Waals surface area (Å²) in [5.74, 6) is 0.902. The number of nitro benzene ring substituents is 1. The summed E-state index contributed by atoms with van der Waals surface area (Å²) in [4.78, 5) is 15.7. The molecular weight excluding hydrogens is 358 g/mol. The first-order valence-corrected chi connectivity index (χ1v) is 8.03. The number of aryl methyl sites for hydroxylation is 1. The van der Waals surface area contributed by atoms with Crippen molar-refractivity contribution in [3.63, 3.8) is 0 Å². The number of thiazole rings is 1. The first-order chi connectivity index (χ1) is 10.1. The molecule has 0 unspecified atom stereocenters. The molecule has 0 amide bonds. The molecule has 0 atom stereocenters. The molecule has 0 spiro atoms. The largest absolute Gasteiger partial charge is 0.437 e. The number of nitro groups is 1. The molecule has 1 aromatic carbocycles. The van der Waals surface area contributed by atoms with E-state index < -0.39 is 4.92 Å². The summed E-state index contributed by atoms with van der Waals surface area (Å²) in [7, 11) is 0. The van der Waals surface area contributed by atoms with Gasteiger partial charge >= 0.3 is 0 Å². The van der Waals surface area contributed by atoms with Gasteiger partial charge in [-0.25, -0.2) is 0 Å². The van der Waals surface area contributed by atoms with Gasteiger partial charge in [0.2, 0.25) is 5.88 Å². The summed E-state index contributed by atoms with van der Waals surface area (Å²) in [6, 6.07) is 4.54. The number of ether oxygens (including phenoxy) is 1.